The summed E-state index contributed by atoms with van der Waals surface area (Å²) in [5, 5.41) is 6.38. The molecule has 2 heterocycles. The number of amides is 2. The van der Waals surface area contributed by atoms with Crippen molar-refractivity contribution in [3.05, 3.63) is 41.6 Å². The maximum atomic E-state index is 13.8. The molecule has 0 radical (unpaired) electrons. The number of carbonyl (C=O) groups excluding carboxylic acids is 1. The molecule has 10 heteroatoms. The van der Waals surface area contributed by atoms with E-state index in [1.807, 2.05) is 0 Å². The van der Waals surface area contributed by atoms with E-state index in [2.05, 4.69) is 10.5 Å². The molecule has 0 saturated carbocycles. The lowest BCUT2D eigenvalue weighted by molar-refractivity contribution is 0.201. The molecule has 26 heavy (non-hydrogen) atoms. The summed E-state index contributed by atoms with van der Waals surface area (Å²) in [5.74, 6) is -1.33. The Morgan fingerprint density at radius 3 is 2.81 bits per heavy atom. The highest BCUT2D eigenvalue weighted by Gasteiger charge is 2.22. The molecule has 1 N–H and O–H groups in total. The minimum atomic E-state index is -3.10. The molecule has 7 nitrogen and oxygen atoms in total. The van der Waals surface area contributed by atoms with Gasteiger partial charge in [-0.2, -0.15) is 0 Å². The number of nitrogens with zero attached hydrogens (tertiary/aromatic N) is 2. The van der Waals surface area contributed by atoms with Crippen molar-refractivity contribution in [2.24, 2.45) is 0 Å². The lowest BCUT2D eigenvalue weighted by atomic mass is 10.1. The number of benzene rings is 1. The number of carbonyl (C=O) groups is 1. The van der Waals surface area contributed by atoms with Crippen molar-refractivity contribution in [1.29, 1.82) is 0 Å². The Bertz CT molecular complexity index is 914. The second-order valence-electron chi connectivity index (χ2n) is 5.96. The fraction of sp³-hybridized carbons (Fsp3) is 0.375. The molecule has 0 atom stereocenters. The Morgan fingerprint density at radius 2 is 2.04 bits per heavy atom. The van der Waals surface area contributed by atoms with E-state index in [1.54, 1.807) is 0 Å². The van der Waals surface area contributed by atoms with Crippen LogP contribution in [-0.2, 0) is 16.4 Å². The molecule has 1 aromatic carbocycles. The molecule has 1 aliphatic rings. The van der Waals surface area contributed by atoms with Crippen molar-refractivity contribution in [3.8, 4) is 11.3 Å². The zero-order valence-corrected chi connectivity index (χ0v) is 14.6. The third-order valence-electron chi connectivity index (χ3n) is 4.02. The Balaban J connectivity index is 1.60. The number of urea groups is 1. The van der Waals surface area contributed by atoms with Gasteiger partial charge in [0.2, 0.25) is 0 Å². The number of nitrogens with one attached hydrogen (secondary N) is 1. The highest BCUT2D eigenvalue weighted by atomic mass is 32.2. The molecule has 1 aliphatic heterocycles. The maximum Gasteiger partial charge on any atom is 0.317 e. The molecule has 140 valence electrons. The van der Waals surface area contributed by atoms with Crippen LogP contribution >= 0.6 is 0 Å². The third-order valence-corrected chi connectivity index (χ3v) is 5.73. The van der Waals surface area contributed by atoms with Crippen LogP contribution in [0.1, 0.15) is 12.1 Å². The van der Waals surface area contributed by atoms with E-state index in [0.717, 1.165) is 12.1 Å². The summed E-state index contributed by atoms with van der Waals surface area (Å²) in [6, 6.07) is 4.14. The van der Waals surface area contributed by atoms with Crippen LogP contribution in [0.15, 0.2) is 28.8 Å². The zero-order valence-electron chi connectivity index (χ0n) is 13.7. The van der Waals surface area contributed by atoms with E-state index in [1.165, 1.54) is 17.0 Å². The molecule has 1 saturated heterocycles. The minimum Gasteiger partial charge on any atom is -0.356 e. The zero-order chi connectivity index (χ0) is 18.7. The summed E-state index contributed by atoms with van der Waals surface area (Å²) < 4.78 is 54.9. The molecule has 1 aromatic heterocycles. The quantitative estimate of drug-likeness (QED) is 0.872. The average molecular weight is 385 g/mol. The number of halogens is 2. The molecule has 0 bridgehead atoms. The molecule has 0 aliphatic carbocycles. The Kier molecular flexibility index (Phi) is 5.21. The van der Waals surface area contributed by atoms with Gasteiger partial charge in [0, 0.05) is 25.2 Å². The summed E-state index contributed by atoms with van der Waals surface area (Å²) in [4.78, 5) is 13.6. The predicted molar refractivity (Wildman–Crippen MR) is 88.9 cm³/mol. The second kappa shape index (κ2) is 7.40. The van der Waals surface area contributed by atoms with Crippen molar-refractivity contribution in [3.63, 3.8) is 0 Å². The van der Waals surface area contributed by atoms with Crippen molar-refractivity contribution in [1.82, 2.24) is 15.4 Å². The maximum absolute atomic E-state index is 13.8. The lowest BCUT2D eigenvalue weighted by Gasteiger charge is -2.19. The summed E-state index contributed by atoms with van der Waals surface area (Å²) in [6.45, 7) is 0.531. The minimum absolute atomic E-state index is 0.0361. The normalized spacial score (nSPS) is 16.9. The van der Waals surface area contributed by atoms with Crippen molar-refractivity contribution < 1.29 is 26.5 Å². The topological polar surface area (TPSA) is 92.5 Å². The van der Waals surface area contributed by atoms with Crippen molar-refractivity contribution in [2.45, 2.75) is 13.0 Å². The van der Waals surface area contributed by atoms with Gasteiger partial charge in [-0.1, -0.05) is 5.16 Å². The van der Waals surface area contributed by atoms with E-state index in [0.29, 0.717) is 18.7 Å². The van der Waals surface area contributed by atoms with Gasteiger partial charge >= 0.3 is 6.03 Å². The average Bonchev–Trinajstić information content (AvgIpc) is 2.96. The van der Waals surface area contributed by atoms with Gasteiger partial charge in [-0.3, -0.25) is 0 Å². The fourth-order valence-corrected chi connectivity index (χ4v) is 3.90. The van der Waals surface area contributed by atoms with Crippen LogP contribution in [0.2, 0.25) is 0 Å². The smallest absolute Gasteiger partial charge is 0.317 e. The van der Waals surface area contributed by atoms with Crippen LogP contribution < -0.4 is 5.32 Å². The number of hydrogen-bond donors (Lipinski definition) is 1. The molecule has 2 aromatic rings. The number of rotatable bonds is 3. The van der Waals surface area contributed by atoms with Crippen LogP contribution in [0.3, 0.4) is 0 Å². The highest BCUT2D eigenvalue weighted by Crippen LogP contribution is 2.24. The molecule has 2 amide bonds. The molecular formula is C16H17F2N3O4S. The first-order chi connectivity index (χ1) is 12.3. The van der Waals surface area contributed by atoms with Gasteiger partial charge in [-0.15, -0.1) is 0 Å². The summed E-state index contributed by atoms with van der Waals surface area (Å²) in [6.07, 6.45) is 0.397. The van der Waals surface area contributed by atoms with Gasteiger partial charge in [0.1, 0.15) is 17.3 Å². The number of hydrogen-bond acceptors (Lipinski definition) is 5. The number of sulfone groups is 1. The van der Waals surface area contributed by atoms with Crippen LogP contribution in [0.4, 0.5) is 13.6 Å². The first kappa shape index (κ1) is 18.3. The van der Waals surface area contributed by atoms with Gasteiger partial charge in [0.05, 0.1) is 23.6 Å². The van der Waals surface area contributed by atoms with Crippen molar-refractivity contribution >= 4 is 15.9 Å². The largest absolute Gasteiger partial charge is 0.356 e. The molecule has 3 rings (SSSR count). The van der Waals surface area contributed by atoms with E-state index in [4.69, 9.17) is 4.52 Å². The first-order valence-electron chi connectivity index (χ1n) is 7.98. The molecule has 1 fully saturated rings. The SMILES string of the molecule is O=C(NCc1cc(-c2ccc(F)cc2F)on1)N1CCCS(=O)(=O)CC1. The predicted octanol–water partition coefficient (Wildman–Crippen LogP) is 1.95. The number of aromatic nitrogens is 1. The van der Waals surface area contributed by atoms with Gasteiger partial charge in [0.25, 0.3) is 0 Å². The summed E-state index contributed by atoms with van der Waals surface area (Å²) >= 11 is 0. The molecular weight excluding hydrogens is 368 g/mol. The van der Waals surface area contributed by atoms with Crippen LogP contribution in [-0.4, -0.2) is 49.1 Å². The summed E-state index contributed by atoms with van der Waals surface area (Å²) in [7, 11) is -3.10. The monoisotopic (exact) mass is 385 g/mol. The van der Waals surface area contributed by atoms with Crippen LogP contribution in [0.5, 0.6) is 0 Å². The van der Waals surface area contributed by atoms with Gasteiger partial charge in [-0.05, 0) is 18.6 Å². The molecule has 0 spiro atoms. The Hall–Kier alpha value is -2.49. The lowest BCUT2D eigenvalue weighted by Crippen LogP contribution is -2.41. The third kappa shape index (κ3) is 4.37. The fourth-order valence-electron chi connectivity index (χ4n) is 2.63. The Morgan fingerprint density at radius 1 is 1.23 bits per heavy atom. The van der Waals surface area contributed by atoms with E-state index in [9.17, 15) is 22.0 Å². The first-order valence-corrected chi connectivity index (χ1v) is 9.80. The van der Waals surface area contributed by atoms with Crippen molar-refractivity contribution in [2.75, 3.05) is 24.6 Å². The molecule has 0 unspecified atom stereocenters. The van der Waals surface area contributed by atoms with Crippen LogP contribution in [0.25, 0.3) is 11.3 Å². The van der Waals surface area contributed by atoms with Gasteiger partial charge < -0.3 is 14.7 Å². The van der Waals surface area contributed by atoms with E-state index < -0.39 is 27.5 Å². The standard InChI is InChI=1S/C16H17F2N3O4S/c17-11-2-3-13(14(18)8-11)15-9-12(20-25-15)10-19-16(22)21-4-1-6-26(23,24)7-5-21/h2-3,8-9H,1,4-7,10H2,(H,19,22). The highest BCUT2D eigenvalue weighted by molar-refractivity contribution is 7.91. The van der Waals surface area contributed by atoms with E-state index >= 15 is 0 Å². The van der Waals surface area contributed by atoms with Gasteiger partial charge in [-0.25, -0.2) is 22.0 Å². The Labute approximate surface area is 148 Å². The second-order valence-corrected chi connectivity index (χ2v) is 8.26. The van der Waals surface area contributed by atoms with Gasteiger partial charge in [0.15, 0.2) is 15.6 Å². The van der Waals surface area contributed by atoms with E-state index in [-0.39, 0.29) is 35.9 Å². The van der Waals surface area contributed by atoms with Crippen LogP contribution in [0, 0.1) is 11.6 Å². The summed E-state index contributed by atoms with van der Waals surface area (Å²) in [5.41, 5.74) is 0.425.